The normalized spacial score (nSPS) is 12.9. The van der Waals surface area contributed by atoms with Gasteiger partial charge in [-0.2, -0.15) is 0 Å². The number of nitrogens with one attached hydrogen (secondary N) is 1. The number of hydrogen-bond donors (Lipinski definition) is 3. The van der Waals surface area contributed by atoms with Crippen LogP contribution in [0, 0.1) is 5.92 Å². The summed E-state index contributed by atoms with van der Waals surface area (Å²) in [5.41, 5.74) is 6.25. The number of nitrogens with zero attached hydrogens (tertiary/aromatic N) is 1. The first-order valence-electron chi connectivity index (χ1n) is 4.84. The molecule has 0 amide bonds. The lowest BCUT2D eigenvalue weighted by molar-refractivity contribution is 0.249. The van der Waals surface area contributed by atoms with Crippen LogP contribution in [0.2, 0.25) is 5.15 Å². The SMILES string of the molecule is CC(C)[C@@H](CO)Nc1nc(Cl)ccc1N. The molecule has 15 heavy (non-hydrogen) atoms. The highest BCUT2D eigenvalue weighted by Gasteiger charge is 2.13. The lowest BCUT2D eigenvalue weighted by Gasteiger charge is -2.21. The van der Waals surface area contributed by atoms with Crippen LogP contribution in [0.15, 0.2) is 12.1 Å². The number of anilines is 2. The number of nitrogen functional groups attached to an aromatic ring is 1. The summed E-state index contributed by atoms with van der Waals surface area (Å²) in [5, 5.41) is 12.6. The number of rotatable bonds is 4. The van der Waals surface area contributed by atoms with Crippen molar-refractivity contribution >= 4 is 23.1 Å². The zero-order valence-corrected chi connectivity index (χ0v) is 9.62. The first kappa shape index (κ1) is 12.1. The van der Waals surface area contributed by atoms with Gasteiger partial charge in [-0.3, -0.25) is 0 Å². The van der Waals surface area contributed by atoms with E-state index in [-0.39, 0.29) is 18.6 Å². The van der Waals surface area contributed by atoms with E-state index in [0.29, 0.717) is 16.7 Å². The van der Waals surface area contributed by atoms with Crippen molar-refractivity contribution in [3.05, 3.63) is 17.3 Å². The molecule has 0 radical (unpaired) electrons. The Balaban J connectivity index is 2.82. The molecular formula is C10H16ClN3O. The summed E-state index contributed by atoms with van der Waals surface area (Å²) in [5.74, 6) is 0.811. The highest BCUT2D eigenvalue weighted by atomic mass is 35.5. The standard InChI is InChI=1S/C10H16ClN3O/c1-6(2)8(5-15)13-10-7(12)3-4-9(11)14-10/h3-4,6,8,15H,5,12H2,1-2H3,(H,13,14)/t8-/m1/s1. The lowest BCUT2D eigenvalue weighted by atomic mass is 10.1. The molecule has 0 fully saturated rings. The van der Waals surface area contributed by atoms with Gasteiger partial charge in [0.05, 0.1) is 18.3 Å². The van der Waals surface area contributed by atoms with E-state index in [2.05, 4.69) is 10.3 Å². The minimum atomic E-state index is -0.0710. The highest BCUT2D eigenvalue weighted by Crippen LogP contribution is 2.20. The fourth-order valence-corrected chi connectivity index (χ4v) is 1.31. The van der Waals surface area contributed by atoms with Crippen molar-refractivity contribution in [3.63, 3.8) is 0 Å². The minimum absolute atomic E-state index is 0.0330. The summed E-state index contributed by atoms with van der Waals surface area (Å²) in [6.07, 6.45) is 0. The lowest BCUT2D eigenvalue weighted by Crippen LogP contribution is -2.30. The van der Waals surface area contributed by atoms with Crippen molar-refractivity contribution in [2.75, 3.05) is 17.7 Å². The second-order valence-corrected chi connectivity index (χ2v) is 4.14. The maximum atomic E-state index is 9.15. The molecule has 5 heteroatoms. The zero-order chi connectivity index (χ0) is 11.4. The Morgan fingerprint density at radius 3 is 2.73 bits per heavy atom. The van der Waals surface area contributed by atoms with Crippen LogP contribution < -0.4 is 11.1 Å². The Morgan fingerprint density at radius 2 is 2.20 bits per heavy atom. The first-order valence-corrected chi connectivity index (χ1v) is 5.21. The molecule has 0 saturated carbocycles. The predicted octanol–water partition coefficient (Wildman–Crippen LogP) is 1.75. The van der Waals surface area contributed by atoms with E-state index in [4.69, 9.17) is 22.4 Å². The molecule has 0 bridgehead atoms. The summed E-state index contributed by atoms with van der Waals surface area (Å²) in [6.45, 7) is 4.05. The Labute approximate surface area is 94.5 Å². The fourth-order valence-electron chi connectivity index (χ4n) is 1.16. The van der Waals surface area contributed by atoms with Crippen molar-refractivity contribution in [1.82, 2.24) is 4.98 Å². The third kappa shape index (κ3) is 3.25. The molecule has 0 aliphatic rings. The van der Waals surface area contributed by atoms with Crippen molar-refractivity contribution in [1.29, 1.82) is 0 Å². The molecule has 1 heterocycles. The van der Waals surface area contributed by atoms with Gasteiger partial charge in [-0.15, -0.1) is 0 Å². The Kier molecular flexibility index (Phi) is 4.17. The highest BCUT2D eigenvalue weighted by molar-refractivity contribution is 6.29. The second-order valence-electron chi connectivity index (χ2n) is 3.75. The maximum Gasteiger partial charge on any atom is 0.151 e. The van der Waals surface area contributed by atoms with E-state index in [9.17, 15) is 0 Å². The third-order valence-electron chi connectivity index (χ3n) is 2.22. The predicted molar refractivity (Wildman–Crippen MR) is 63.0 cm³/mol. The number of aliphatic hydroxyl groups excluding tert-OH is 1. The molecule has 0 saturated heterocycles. The summed E-state index contributed by atoms with van der Waals surface area (Å²) >= 11 is 5.75. The fraction of sp³-hybridized carbons (Fsp3) is 0.500. The average molecular weight is 230 g/mol. The maximum absolute atomic E-state index is 9.15. The number of aliphatic hydroxyl groups is 1. The van der Waals surface area contributed by atoms with Gasteiger partial charge in [0.1, 0.15) is 5.15 Å². The van der Waals surface area contributed by atoms with Crippen molar-refractivity contribution < 1.29 is 5.11 Å². The van der Waals surface area contributed by atoms with Gasteiger partial charge in [-0.25, -0.2) is 4.98 Å². The van der Waals surface area contributed by atoms with Crippen LogP contribution >= 0.6 is 11.6 Å². The van der Waals surface area contributed by atoms with E-state index in [1.807, 2.05) is 13.8 Å². The quantitative estimate of drug-likeness (QED) is 0.688. The van der Waals surface area contributed by atoms with Crippen LogP contribution in [0.4, 0.5) is 11.5 Å². The number of pyridine rings is 1. The summed E-state index contributed by atoms with van der Waals surface area (Å²) in [4.78, 5) is 4.06. The zero-order valence-electron chi connectivity index (χ0n) is 8.87. The summed E-state index contributed by atoms with van der Waals surface area (Å²) < 4.78 is 0. The van der Waals surface area contributed by atoms with E-state index in [0.717, 1.165) is 0 Å². The van der Waals surface area contributed by atoms with E-state index < -0.39 is 0 Å². The topological polar surface area (TPSA) is 71.2 Å². The molecule has 1 atom stereocenters. The molecule has 0 aliphatic carbocycles. The largest absolute Gasteiger partial charge is 0.396 e. The van der Waals surface area contributed by atoms with Gasteiger partial charge in [0.15, 0.2) is 5.82 Å². The van der Waals surface area contributed by atoms with Crippen LogP contribution in [0.1, 0.15) is 13.8 Å². The number of hydrogen-bond acceptors (Lipinski definition) is 4. The van der Waals surface area contributed by atoms with Gasteiger partial charge in [0.25, 0.3) is 0 Å². The monoisotopic (exact) mass is 229 g/mol. The van der Waals surface area contributed by atoms with Gasteiger partial charge in [0.2, 0.25) is 0 Å². The van der Waals surface area contributed by atoms with Crippen LogP contribution in [0.5, 0.6) is 0 Å². The molecule has 1 rings (SSSR count). The molecule has 1 aromatic heterocycles. The third-order valence-corrected chi connectivity index (χ3v) is 2.43. The minimum Gasteiger partial charge on any atom is -0.396 e. The van der Waals surface area contributed by atoms with Crippen molar-refractivity contribution in [3.8, 4) is 0 Å². The smallest absolute Gasteiger partial charge is 0.151 e. The number of halogens is 1. The molecule has 0 aliphatic heterocycles. The molecule has 0 unspecified atom stereocenters. The van der Waals surface area contributed by atoms with Crippen LogP contribution in [0.25, 0.3) is 0 Å². The van der Waals surface area contributed by atoms with Gasteiger partial charge >= 0.3 is 0 Å². The molecule has 0 spiro atoms. The van der Waals surface area contributed by atoms with Crippen LogP contribution in [0.3, 0.4) is 0 Å². The van der Waals surface area contributed by atoms with E-state index in [1.54, 1.807) is 12.1 Å². The second kappa shape index (κ2) is 5.19. The van der Waals surface area contributed by atoms with E-state index in [1.165, 1.54) is 0 Å². The molecule has 1 aromatic rings. The van der Waals surface area contributed by atoms with Gasteiger partial charge in [-0.05, 0) is 18.1 Å². The van der Waals surface area contributed by atoms with Gasteiger partial charge in [0, 0.05) is 0 Å². The average Bonchev–Trinajstić information content (AvgIpc) is 2.18. The molecular weight excluding hydrogens is 214 g/mol. The number of aromatic nitrogens is 1. The van der Waals surface area contributed by atoms with Crippen molar-refractivity contribution in [2.24, 2.45) is 5.92 Å². The number of nitrogens with two attached hydrogens (primary N) is 1. The first-order chi connectivity index (χ1) is 7.04. The Bertz CT molecular complexity index is 330. The van der Waals surface area contributed by atoms with Crippen molar-refractivity contribution in [2.45, 2.75) is 19.9 Å². The summed E-state index contributed by atoms with van der Waals surface area (Å²) in [7, 11) is 0. The van der Waals surface area contributed by atoms with Crippen LogP contribution in [-0.2, 0) is 0 Å². The van der Waals surface area contributed by atoms with Gasteiger partial charge in [-0.1, -0.05) is 25.4 Å². The molecule has 4 N–H and O–H groups in total. The Hall–Kier alpha value is -1.00. The van der Waals surface area contributed by atoms with Gasteiger partial charge < -0.3 is 16.2 Å². The molecule has 0 aromatic carbocycles. The molecule has 4 nitrogen and oxygen atoms in total. The van der Waals surface area contributed by atoms with E-state index >= 15 is 0 Å². The Morgan fingerprint density at radius 1 is 1.53 bits per heavy atom. The summed E-state index contributed by atoms with van der Waals surface area (Å²) in [6, 6.07) is 3.25. The molecule has 84 valence electrons. The van der Waals surface area contributed by atoms with Crippen LogP contribution in [-0.4, -0.2) is 22.7 Å².